The highest BCUT2D eigenvalue weighted by molar-refractivity contribution is 6.28. The summed E-state index contributed by atoms with van der Waals surface area (Å²) in [5.74, 6) is -1.04. The summed E-state index contributed by atoms with van der Waals surface area (Å²) >= 11 is 12.1. The molecule has 0 spiro atoms. The Hall–Kier alpha value is -1.06. The van der Waals surface area contributed by atoms with Gasteiger partial charge in [-0.25, -0.2) is 0 Å². The molecule has 1 heterocycles. The van der Waals surface area contributed by atoms with Crippen molar-refractivity contribution < 1.29 is 9.47 Å². The quantitative estimate of drug-likeness (QED) is 0.778. The number of benzene rings is 2. The Balaban J connectivity index is 2.13. The van der Waals surface area contributed by atoms with Crippen molar-refractivity contribution in [3.8, 4) is 0 Å². The average Bonchev–Trinajstić information content (AvgIpc) is 2.78. The third-order valence-corrected chi connectivity index (χ3v) is 3.84. The molecule has 0 aliphatic carbocycles. The minimum absolute atomic E-state index is 0.693. The molecule has 98 valence electrons. The molecule has 1 saturated heterocycles. The largest absolute Gasteiger partial charge is 0.318 e. The lowest BCUT2D eigenvalue weighted by Crippen LogP contribution is -2.29. The number of hydrogen-bond donors (Lipinski definition) is 0. The van der Waals surface area contributed by atoms with Crippen LogP contribution in [-0.2, 0) is 15.3 Å². The molecule has 2 unspecified atom stereocenters. The van der Waals surface area contributed by atoms with E-state index in [2.05, 4.69) is 0 Å². The molecule has 0 saturated carbocycles. The summed E-state index contributed by atoms with van der Waals surface area (Å²) in [6.07, 6.45) is 0. The molecule has 2 atom stereocenters. The molecule has 0 aromatic heterocycles. The Morgan fingerprint density at radius 1 is 0.684 bits per heavy atom. The van der Waals surface area contributed by atoms with Crippen molar-refractivity contribution in [2.45, 2.75) is 16.9 Å². The fourth-order valence-electron chi connectivity index (χ4n) is 2.21. The van der Waals surface area contributed by atoms with Gasteiger partial charge in [-0.1, -0.05) is 83.9 Å². The van der Waals surface area contributed by atoms with Crippen LogP contribution in [0.5, 0.6) is 0 Å². The summed E-state index contributed by atoms with van der Waals surface area (Å²) in [7, 11) is 0. The average molecular weight is 295 g/mol. The van der Waals surface area contributed by atoms with Gasteiger partial charge in [0.15, 0.2) is 11.1 Å². The minimum Gasteiger partial charge on any atom is -0.318 e. The van der Waals surface area contributed by atoms with E-state index in [1.807, 2.05) is 60.7 Å². The first-order chi connectivity index (χ1) is 9.22. The number of alkyl halides is 2. The normalized spacial score (nSPS) is 25.4. The summed E-state index contributed by atoms with van der Waals surface area (Å²) in [5.41, 5.74) is 0.356. The lowest BCUT2D eigenvalue weighted by molar-refractivity contribution is -0.137. The molecule has 0 amide bonds. The van der Waals surface area contributed by atoms with E-state index in [0.717, 1.165) is 11.1 Å². The van der Waals surface area contributed by atoms with Crippen molar-refractivity contribution in [2.75, 3.05) is 0 Å². The van der Waals surface area contributed by atoms with E-state index in [1.54, 1.807) is 0 Å². The van der Waals surface area contributed by atoms with Crippen molar-refractivity contribution in [2.24, 2.45) is 0 Å². The predicted molar refractivity (Wildman–Crippen MR) is 75.1 cm³/mol. The van der Waals surface area contributed by atoms with E-state index in [-0.39, 0.29) is 0 Å². The number of hydrogen-bond acceptors (Lipinski definition) is 2. The molecule has 2 aromatic rings. The second-order valence-electron chi connectivity index (χ2n) is 4.29. The third-order valence-electron chi connectivity index (χ3n) is 3.07. The van der Waals surface area contributed by atoms with Gasteiger partial charge in [-0.3, -0.25) is 0 Å². The second kappa shape index (κ2) is 5.14. The Kier molecular flexibility index (Phi) is 3.50. The molecule has 2 aromatic carbocycles. The van der Waals surface area contributed by atoms with Crippen LogP contribution in [0, 0.1) is 0 Å². The van der Waals surface area contributed by atoms with Gasteiger partial charge in [0, 0.05) is 11.1 Å². The Morgan fingerprint density at radius 3 is 1.42 bits per heavy atom. The van der Waals surface area contributed by atoms with Crippen molar-refractivity contribution in [3.05, 3.63) is 71.8 Å². The molecule has 3 rings (SSSR count). The highest BCUT2D eigenvalue weighted by atomic mass is 35.5. The second-order valence-corrected chi connectivity index (χ2v) is 5.15. The van der Waals surface area contributed by atoms with Crippen LogP contribution in [0.4, 0.5) is 0 Å². The molecule has 0 radical (unpaired) electrons. The Labute approximate surface area is 121 Å². The first-order valence-electron chi connectivity index (χ1n) is 5.97. The smallest absolute Gasteiger partial charge is 0.225 e. The number of halogens is 2. The molecule has 2 nitrogen and oxygen atoms in total. The zero-order valence-electron chi connectivity index (χ0n) is 10.0. The van der Waals surface area contributed by atoms with Gasteiger partial charge in [0.1, 0.15) is 0 Å². The summed E-state index contributed by atoms with van der Waals surface area (Å²) < 4.78 is 11.7. The molecular formula is C15H12Cl2O2. The molecule has 0 N–H and O–H groups in total. The minimum atomic E-state index is -1.04. The van der Waals surface area contributed by atoms with E-state index in [4.69, 9.17) is 32.7 Å². The van der Waals surface area contributed by atoms with Crippen LogP contribution in [0.2, 0.25) is 0 Å². The Bertz CT molecular complexity index is 493. The third kappa shape index (κ3) is 2.26. The van der Waals surface area contributed by atoms with Gasteiger partial charge in [-0.05, 0) is 0 Å². The van der Waals surface area contributed by atoms with Crippen molar-refractivity contribution in [1.29, 1.82) is 0 Å². The van der Waals surface area contributed by atoms with Crippen molar-refractivity contribution in [1.82, 2.24) is 0 Å². The van der Waals surface area contributed by atoms with Crippen LogP contribution in [0.15, 0.2) is 60.7 Å². The standard InChI is InChI=1S/C15H12Cl2O2/c16-13-14(17)19-15(18-13,11-7-3-1-4-8-11)12-9-5-2-6-10-12/h1-10,13-14H. The zero-order valence-corrected chi connectivity index (χ0v) is 11.5. The monoisotopic (exact) mass is 294 g/mol. The maximum atomic E-state index is 6.07. The predicted octanol–water partition coefficient (Wildman–Crippen LogP) is 4.06. The fraction of sp³-hybridized carbons (Fsp3) is 0.200. The van der Waals surface area contributed by atoms with E-state index >= 15 is 0 Å². The molecule has 0 bridgehead atoms. The maximum absolute atomic E-state index is 6.07. The topological polar surface area (TPSA) is 18.5 Å². The van der Waals surface area contributed by atoms with Gasteiger partial charge in [0.05, 0.1) is 0 Å². The van der Waals surface area contributed by atoms with Gasteiger partial charge in [0.25, 0.3) is 0 Å². The summed E-state index contributed by atoms with van der Waals surface area (Å²) in [4.78, 5) is 0. The van der Waals surface area contributed by atoms with Crippen LogP contribution < -0.4 is 0 Å². The van der Waals surface area contributed by atoms with Crippen LogP contribution in [0.25, 0.3) is 0 Å². The highest BCUT2D eigenvalue weighted by Crippen LogP contribution is 2.45. The van der Waals surface area contributed by atoms with Crippen LogP contribution >= 0.6 is 23.2 Å². The van der Waals surface area contributed by atoms with Gasteiger partial charge in [-0.15, -0.1) is 0 Å². The van der Waals surface area contributed by atoms with Gasteiger partial charge in [0.2, 0.25) is 5.79 Å². The van der Waals surface area contributed by atoms with Gasteiger partial charge < -0.3 is 9.47 Å². The lowest BCUT2D eigenvalue weighted by atomic mass is 9.97. The summed E-state index contributed by atoms with van der Waals surface area (Å²) in [5, 5.41) is 0. The molecule has 1 fully saturated rings. The fourth-order valence-corrected chi connectivity index (χ4v) is 2.56. The van der Waals surface area contributed by atoms with Crippen molar-refractivity contribution in [3.63, 3.8) is 0 Å². The van der Waals surface area contributed by atoms with E-state index < -0.39 is 16.9 Å². The molecule has 1 aliphatic heterocycles. The zero-order chi connectivity index (χ0) is 13.3. The highest BCUT2D eigenvalue weighted by Gasteiger charge is 2.49. The summed E-state index contributed by atoms with van der Waals surface area (Å²) in [6, 6.07) is 19.3. The Morgan fingerprint density at radius 2 is 1.05 bits per heavy atom. The van der Waals surface area contributed by atoms with Crippen molar-refractivity contribution >= 4 is 23.2 Å². The van der Waals surface area contributed by atoms with Crippen LogP contribution in [-0.4, -0.2) is 11.1 Å². The molecular weight excluding hydrogens is 283 g/mol. The maximum Gasteiger partial charge on any atom is 0.225 e. The van der Waals surface area contributed by atoms with E-state index in [0.29, 0.717) is 0 Å². The first-order valence-corrected chi connectivity index (χ1v) is 6.84. The first kappa shape index (κ1) is 12.9. The molecule has 1 aliphatic rings. The van der Waals surface area contributed by atoms with Gasteiger partial charge >= 0.3 is 0 Å². The van der Waals surface area contributed by atoms with Gasteiger partial charge in [-0.2, -0.15) is 0 Å². The molecule has 19 heavy (non-hydrogen) atoms. The van der Waals surface area contributed by atoms with E-state index in [9.17, 15) is 0 Å². The van der Waals surface area contributed by atoms with E-state index in [1.165, 1.54) is 0 Å². The lowest BCUT2D eigenvalue weighted by Gasteiger charge is -2.28. The SMILES string of the molecule is ClC1OC(c2ccccc2)(c2ccccc2)OC1Cl. The summed E-state index contributed by atoms with van der Waals surface area (Å²) in [6.45, 7) is 0. The van der Waals surface area contributed by atoms with Crippen LogP contribution in [0.3, 0.4) is 0 Å². The molecule has 4 heteroatoms. The van der Waals surface area contributed by atoms with Crippen LogP contribution in [0.1, 0.15) is 11.1 Å². The number of ether oxygens (including phenoxy) is 2. The number of rotatable bonds is 2.